The van der Waals surface area contributed by atoms with Gasteiger partial charge in [0.15, 0.2) is 0 Å². The summed E-state index contributed by atoms with van der Waals surface area (Å²) in [6.07, 6.45) is 4.98. The maximum absolute atomic E-state index is 5.97. The molecule has 0 aliphatic rings. The van der Waals surface area contributed by atoms with Crippen LogP contribution >= 0.6 is 11.8 Å². The number of hydrogen-bond donors (Lipinski definition) is 2. The minimum Gasteiger partial charge on any atom is -0.396 e. The summed E-state index contributed by atoms with van der Waals surface area (Å²) in [6.45, 7) is 0.943. The SMILES string of the molecule is CSCCCNc1c(N)cnc2ccccc12. The van der Waals surface area contributed by atoms with Gasteiger partial charge in [0.2, 0.25) is 0 Å². The Kier molecular flexibility index (Phi) is 4.09. The first-order chi connectivity index (χ1) is 8.33. The summed E-state index contributed by atoms with van der Waals surface area (Å²) in [5.74, 6) is 1.16. The normalized spacial score (nSPS) is 10.6. The van der Waals surface area contributed by atoms with Crippen LogP contribution in [0.3, 0.4) is 0 Å². The van der Waals surface area contributed by atoms with Crippen LogP contribution in [0.4, 0.5) is 11.4 Å². The summed E-state index contributed by atoms with van der Waals surface area (Å²) < 4.78 is 0. The number of benzene rings is 1. The number of thioether (sulfide) groups is 1. The maximum Gasteiger partial charge on any atom is 0.0743 e. The molecule has 0 unspecified atom stereocenters. The van der Waals surface area contributed by atoms with Gasteiger partial charge in [-0.25, -0.2) is 0 Å². The quantitative estimate of drug-likeness (QED) is 0.798. The Morgan fingerprint density at radius 1 is 1.35 bits per heavy atom. The summed E-state index contributed by atoms with van der Waals surface area (Å²) in [5, 5.41) is 4.51. The van der Waals surface area contributed by atoms with E-state index in [0.717, 1.165) is 35.3 Å². The zero-order valence-electron chi connectivity index (χ0n) is 9.94. The van der Waals surface area contributed by atoms with Gasteiger partial charge in [-0.2, -0.15) is 11.8 Å². The number of aromatic nitrogens is 1. The minimum atomic E-state index is 0.716. The molecule has 1 heterocycles. The van der Waals surface area contributed by atoms with Gasteiger partial charge in [-0.1, -0.05) is 18.2 Å². The Labute approximate surface area is 106 Å². The first-order valence-electron chi connectivity index (χ1n) is 5.69. The molecular formula is C13H17N3S. The average molecular weight is 247 g/mol. The third kappa shape index (κ3) is 2.82. The lowest BCUT2D eigenvalue weighted by Crippen LogP contribution is -2.06. The Balaban J connectivity index is 2.22. The van der Waals surface area contributed by atoms with Crippen LogP contribution in [0.15, 0.2) is 30.5 Å². The molecule has 0 aliphatic heterocycles. The van der Waals surface area contributed by atoms with Gasteiger partial charge in [-0.3, -0.25) is 4.98 Å². The van der Waals surface area contributed by atoms with E-state index < -0.39 is 0 Å². The van der Waals surface area contributed by atoms with E-state index >= 15 is 0 Å². The second-order valence-corrected chi connectivity index (χ2v) is 4.86. The second kappa shape index (κ2) is 5.77. The second-order valence-electron chi connectivity index (χ2n) is 3.88. The van der Waals surface area contributed by atoms with Crippen LogP contribution in [-0.2, 0) is 0 Å². The van der Waals surface area contributed by atoms with Crippen LogP contribution < -0.4 is 11.1 Å². The van der Waals surface area contributed by atoms with Crippen molar-refractivity contribution in [2.75, 3.05) is 29.6 Å². The van der Waals surface area contributed by atoms with E-state index in [0.29, 0.717) is 5.69 Å². The first-order valence-corrected chi connectivity index (χ1v) is 7.08. The first kappa shape index (κ1) is 12.0. The molecule has 0 aliphatic carbocycles. The minimum absolute atomic E-state index is 0.716. The van der Waals surface area contributed by atoms with Crippen LogP contribution in [0.5, 0.6) is 0 Å². The van der Waals surface area contributed by atoms with E-state index in [2.05, 4.69) is 22.6 Å². The number of nitrogens with one attached hydrogen (secondary N) is 1. The fourth-order valence-electron chi connectivity index (χ4n) is 1.78. The van der Waals surface area contributed by atoms with Crippen molar-refractivity contribution in [3.8, 4) is 0 Å². The van der Waals surface area contributed by atoms with E-state index in [1.165, 1.54) is 0 Å². The summed E-state index contributed by atoms with van der Waals surface area (Å²) in [5.41, 5.74) is 8.68. The lowest BCUT2D eigenvalue weighted by Gasteiger charge is -2.11. The Bertz CT molecular complexity index is 499. The zero-order valence-corrected chi connectivity index (χ0v) is 10.8. The molecule has 0 amide bonds. The number of fused-ring (bicyclic) bond motifs is 1. The number of anilines is 2. The molecule has 1 aromatic heterocycles. The van der Waals surface area contributed by atoms with Crippen LogP contribution in [0.1, 0.15) is 6.42 Å². The molecule has 0 saturated carbocycles. The third-order valence-corrected chi connectivity index (χ3v) is 3.33. The molecule has 17 heavy (non-hydrogen) atoms. The van der Waals surface area contributed by atoms with Gasteiger partial charge >= 0.3 is 0 Å². The van der Waals surface area contributed by atoms with Crippen molar-refractivity contribution < 1.29 is 0 Å². The number of rotatable bonds is 5. The fraction of sp³-hybridized carbons (Fsp3) is 0.308. The van der Waals surface area contributed by atoms with Gasteiger partial charge in [0.05, 0.1) is 23.1 Å². The molecule has 0 saturated heterocycles. The van der Waals surface area contributed by atoms with Gasteiger partial charge in [0.1, 0.15) is 0 Å². The highest BCUT2D eigenvalue weighted by Gasteiger charge is 2.04. The molecule has 2 aromatic rings. The van der Waals surface area contributed by atoms with Crippen molar-refractivity contribution in [2.24, 2.45) is 0 Å². The van der Waals surface area contributed by atoms with E-state index in [1.54, 1.807) is 6.20 Å². The van der Waals surface area contributed by atoms with Crippen LogP contribution in [0.2, 0.25) is 0 Å². The van der Waals surface area contributed by atoms with Crippen molar-refractivity contribution >= 4 is 34.0 Å². The lowest BCUT2D eigenvalue weighted by molar-refractivity contribution is 0.995. The molecule has 0 bridgehead atoms. The van der Waals surface area contributed by atoms with Gasteiger partial charge in [-0.05, 0) is 24.5 Å². The van der Waals surface area contributed by atoms with Gasteiger partial charge in [-0.15, -0.1) is 0 Å². The summed E-state index contributed by atoms with van der Waals surface area (Å²) in [7, 11) is 0. The van der Waals surface area contributed by atoms with Crippen molar-refractivity contribution in [2.45, 2.75) is 6.42 Å². The maximum atomic E-state index is 5.97. The highest BCUT2D eigenvalue weighted by Crippen LogP contribution is 2.27. The Morgan fingerprint density at radius 3 is 3.00 bits per heavy atom. The van der Waals surface area contributed by atoms with Crippen molar-refractivity contribution in [1.82, 2.24) is 4.98 Å². The Morgan fingerprint density at radius 2 is 2.18 bits per heavy atom. The molecule has 0 atom stereocenters. The molecule has 3 N–H and O–H groups in total. The number of pyridine rings is 1. The topological polar surface area (TPSA) is 50.9 Å². The highest BCUT2D eigenvalue weighted by atomic mass is 32.2. The molecule has 1 aromatic carbocycles. The largest absolute Gasteiger partial charge is 0.396 e. The molecule has 0 spiro atoms. The summed E-state index contributed by atoms with van der Waals surface area (Å²) in [6, 6.07) is 8.05. The molecule has 4 heteroatoms. The van der Waals surface area contributed by atoms with Crippen molar-refractivity contribution in [3.63, 3.8) is 0 Å². The number of hydrogen-bond acceptors (Lipinski definition) is 4. The molecule has 90 valence electrons. The van der Waals surface area contributed by atoms with Gasteiger partial charge in [0, 0.05) is 11.9 Å². The lowest BCUT2D eigenvalue weighted by atomic mass is 10.1. The number of nitrogen functional groups attached to an aromatic ring is 1. The van der Waals surface area contributed by atoms with E-state index in [4.69, 9.17) is 5.73 Å². The Hall–Kier alpha value is -1.42. The van der Waals surface area contributed by atoms with Gasteiger partial charge in [0.25, 0.3) is 0 Å². The smallest absolute Gasteiger partial charge is 0.0743 e. The predicted octanol–water partition coefficient (Wildman–Crippen LogP) is 2.98. The third-order valence-electron chi connectivity index (χ3n) is 2.63. The highest BCUT2D eigenvalue weighted by molar-refractivity contribution is 7.98. The standard InChI is InChI=1S/C13H17N3S/c1-17-8-4-7-15-13-10-5-2-3-6-12(10)16-9-11(13)14/h2-3,5-6,9H,4,7-8,14H2,1H3,(H,15,16). The number of para-hydroxylation sites is 1. The zero-order chi connectivity index (χ0) is 12.1. The molecule has 0 radical (unpaired) electrons. The van der Waals surface area contributed by atoms with Gasteiger partial charge < -0.3 is 11.1 Å². The molecule has 3 nitrogen and oxygen atoms in total. The molecule has 0 fully saturated rings. The predicted molar refractivity (Wildman–Crippen MR) is 77.6 cm³/mol. The van der Waals surface area contributed by atoms with Crippen LogP contribution in [-0.4, -0.2) is 23.5 Å². The molecular weight excluding hydrogens is 230 g/mol. The number of nitrogens with zero attached hydrogens (tertiary/aromatic N) is 1. The van der Waals surface area contributed by atoms with Crippen LogP contribution in [0, 0.1) is 0 Å². The van der Waals surface area contributed by atoms with E-state index in [1.807, 2.05) is 30.0 Å². The van der Waals surface area contributed by atoms with Crippen molar-refractivity contribution in [3.05, 3.63) is 30.5 Å². The van der Waals surface area contributed by atoms with E-state index in [-0.39, 0.29) is 0 Å². The average Bonchev–Trinajstić information content (AvgIpc) is 2.37. The fourth-order valence-corrected chi connectivity index (χ4v) is 2.22. The van der Waals surface area contributed by atoms with Crippen molar-refractivity contribution in [1.29, 1.82) is 0 Å². The number of nitrogens with two attached hydrogens (primary N) is 1. The summed E-state index contributed by atoms with van der Waals surface area (Å²) >= 11 is 1.86. The van der Waals surface area contributed by atoms with E-state index in [9.17, 15) is 0 Å². The summed E-state index contributed by atoms with van der Waals surface area (Å²) in [4.78, 5) is 4.32. The molecule has 2 rings (SSSR count). The monoisotopic (exact) mass is 247 g/mol. The van der Waals surface area contributed by atoms with Crippen LogP contribution in [0.25, 0.3) is 10.9 Å².